The Balaban J connectivity index is 1.95. The van der Waals surface area contributed by atoms with Gasteiger partial charge in [0.2, 0.25) is 0 Å². The second-order valence-electron chi connectivity index (χ2n) is 3.36. The molecule has 0 saturated heterocycles. The number of nitrogens with zero attached hydrogens (tertiary/aromatic N) is 3. The van der Waals surface area contributed by atoms with E-state index >= 15 is 0 Å². The van der Waals surface area contributed by atoms with Crippen LogP contribution in [0.2, 0.25) is 0 Å². The highest BCUT2D eigenvalue weighted by Crippen LogP contribution is 2.19. The standard InChI is InChI=1S/C10H12N4O2S/c1-14-4-3-7(13-14)5-11-10-12-6-8(17-10)9(15)16-2/h3-4,6H,5H2,1-2H3,(H,11,12). The van der Waals surface area contributed by atoms with E-state index in [1.54, 1.807) is 4.68 Å². The van der Waals surface area contributed by atoms with E-state index in [1.807, 2.05) is 19.3 Å². The van der Waals surface area contributed by atoms with Crippen LogP contribution in [-0.2, 0) is 18.3 Å². The van der Waals surface area contributed by atoms with E-state index in [4.69, 9.17) is 0 Å². The average Bonchev–Trinajstić information content (AvgIpc) is 2.94. The summed E-state index contributed by atoms with van der Waals surface area (Å²) in [5, 5.41) is 8.00. The number of nitrogens with one attached hydrogen (secondary N) is 1. The lowest BCUT2D eigenvalue weighted by Gasteiger charge is -1.98. The number of hydrogen-bond donors (Lipinski definition) is 1. The molecule has 0 aliphatic rings. The van der Waals surface area contributed by atoms with Crippen LogP contribution >= 0.6 is 11.3 Å². The van der Waals surface area contributed by atoms with Gasteiger partial charge in [0.15, 0.2) is 5.13 Å². The maximum Gasteiger partial charge on any atom is 0.349 e. The molecule has 0 aromatic carbocycles. The summed E-state index contributed by atoms with van der Waals surface area (Å²) in [5.74, 6) is -0.367. The molecule has 17 heavy (non-hydrogen) atoms. The zero-order valence-electron chi connectivity index (χ0n) is 9.51. The van der Waals surface area contributed by atoms with Gasteiger partial charge in [-0.1, -0.05) is 11.3 Å². The van der Waals surface area contributed by atoms with Crippen molar-refractivity contribution in [3.05, 3.63) is 29.0 Å². The first kappa shape index (κ1) is 11.6. The molecule has 0 unspecified atom stereocenters. The molecule has 2 aromatic rings. The van der Waals surface area contributed by atoms with Crippen molar-refractivity contribution in [2.45, 2.75) is 6.54 Å². The van der Waals surface area contributed by atoms with Crippen molar-refractivity contribution in [1.29, 1.82) is 0 Å². The number of thiazole rings is 1. The van der Waals surface area contributed by atoms with Crippen LogP contribution in [0.1, 0.15) is 15.4 Å². The lowest BCUT2D eigenvalue weighted by atomic mass is 10.4. The van der Waals surface area contributed by atoms with Gasteiger partial charge in [-0.15, -0.1) is 0 Å². The minimum Gasteiger partial charge on any atom is -0.465 e. The number of rotatable bonds is 4. The Labute approximate surface area is 102 Å². The molecule has 0 spiro atoms. The summed E-state index contributed by atoms with van der Waals surface area (Å²) in [4.78, 5) is 15.8. The number of hydrogen-bond acceptors (Lipinski definition) is 6. The lowest BCUT2D eigenvalue weighted by Crippen LogP contribution is -2.00. The van der Waals surface area contributed by atoms with E-state index in [0.29, 0.717) is 16.6 Å². The molecule has 0 amide bonds. The monoisotopic (exact) mass is 252 g/mol. The van der Waals surface area contributed by atoms with Crippen LogP contribution in [0, 0.1) is 0 Å². The molecule has 0 aliphatic carbocycles. The minimum absolute atomic E-state index is 0.367. The normalized spacial score (nSPS) is 10.2. The highest BCUT2D eigenvalue weighted by molar-refractivity contribution is 7.17. The number of anilines is 1. The average molecular weight is 252 g/mol. The van der Waals surface area contributed by atoms with Crippen LogP contribution in [0.15, 0.2) is 18.5 Å². The molecular weight excluding hydrogens is 240 g/mol. The molecule has 0 bridgehead atoms. The summed E-state index contributed by atoms with van der Waals surface area (Å²) in [7, 11) is 3.21. The van der Waals surface area contributed by atoms with E-state index in [-0.39, 0.29) is 5.97 Å². The highest BCUT2D eigenvalue weighted by Gasteiger charge is 2.10. The van der Waals surface area contributed by atoms with Gasteiger partial charge in [0.25, 0.3) is 0 Å². The van der Waals surface area contributed by atoms with E-state index in [9.17, 15) is 4.79 Å². The molecule has 90 valence electrons. The smallest absolute Gasteiger partial charge is 0.349 e. The third-order valence-electron chi connectivity index (χ3n) is 2.08. The third-order valence-corrected chi connectivity index (χ3v) is 3.02. The number of aryl methyl sites for hydroxylation is 1. The van der Waals surface area contributed by atoms with Crippen molar-refractivity contribution in [2.24, 2.45) is 7.05 Å². The van der Waals surface area contributed by atoms with Crippen LogP contribution in [0.4, 0.5) is 5.13 Å². The van der Waals surface area contributed by atoms with Crippen molar-refractivity contribution >= 4 is 22.4 Å². The lowest BCUT2D eigenvalue weighted by molar-refractivity contribution is 0.0606. The van der Waals surface area contributed by atoms with Crippen molar-refractivity contribution in [2.75, 3.05) is 12.4 Å². The number of methoxy groups -OCH3 is 1. The quantitative estimate of drug-likeness (QED) is 0.830. The van der Waals surface area contributed by atoms with Gasteiger partial charge in [-0.3, -0.25) is 4.68 Å². The Morgan fingerprint density at radius 3 is 3.12 bits per heavy atom. The van der Waals surface area contributed by atoms with E-state index in [2.05, 4.69) is 20.1 Å². The maximum atomic E-state index is 11.2. The molecule has 0 atom stereocenters. The van der Waals surface area contributed by atoms with Gasteiger partial charge in [-0.05, 0) is 6.07 Å². The Morgan fingerprint density at radius 1 is 1.65 bits per heavy atom. The zero-order valence-corrected chi connectivity index (χ0v) is 10.3. The molecule has 0 fully saturated rings. The summed E-state index contributed by atoms with van der Waals surface area (Å²) in [6.45, 7) is 0.578. The van der Waals surface area contributed by atoms with Gasteiger partial charge in [-0.2, -0.15) is 5.10 Å². The van der Waals surface area contributed by atoms with Crippen LogP contribution < -0.4 is 5.32 Å². The summed E-state index contributed by atoms with van der Waals surface area (Å²) in [5.41, 5.74) is 0.919. The van der Waals surface area contributed by atoms with Crippen LogP contribution in [0.5, 0.6) is 0 Å². The Morgan fingerprint density at radius 2 is 2.47 bits per heavy atom. The second-order valence-corrected chi connectivity index (χ2v) is 4.39. The van der Waals surface area contributed by atoms with Crippen LogP contribution in [0.25, 0.3) is 0 Å². The van der Waals surface area contributed by atoms with Crippen molar-refractivity contribution in [3.63, 3.8) is 0 Å². The molecule has 7 heteroatoms. The van der Waals surface area contributed by atoms with E-state index in [0.717, 1.165) is 5.69 Å². The van der Waals surface area contributed by atoms with Gasteiger partial charge in [0.05, 0.1) is 25.5 Å². The molecule has 6 nitrogen and oxygen atoms in total. The minimum atomic E-state index is -0.367. The first-order chi connectivity index (χ1) is 8.19. The van der Waals surface area contributed by atoms with Crippen molar-refractivity contribution < 1.29 is 9.53 Å². The number of aromatic nitrogens is 3. The molecule has 2 heterocycles. The number of carbonyl (C=O) groups excluding carboxylic acids is 1. The molecule has 2 rings (SSSR count). The van der Waals surface area contributed by atoms with Gasteiger partial charge < -0.3 is 10.1 Å². The third kappa shape index (κ3) is 2.82. The van der Waals surface area contributed by atoms with Crippen molar-refractivity contribution in [1.82, 2.24) is 14.8 Å². The van der Waals surface area contributed by atoms with E-state index < -0.39 is 0 Å². The topological polar surface area (TPSA) is 69.0 Å². The highest BCUT2D eigenvalue weighted by atomic mass is 32.1. The first-order valence-electron chi connectivity index (χ1n) is 4.95. The Hall–Kier alpha value is -1.89. The largest absolute Gasteiger partial charge is 0.465 e. The summed E-state index contributed by atoms with van der Waals surface area (Å²) < 4.78 is 6.34. The summed E-state index contributed by atoms with van der Waals surface area (Å²) in [6.07, 6.45) is 3.37. The fraction of sp³-hybridized carbons (Fsp3) is 0.300. The first-order valence-corrected chi connectivity index (χ1v) is 5.77. The van der Waals surface area contributed by atoms with Crippen LogP contribution in [-0.4, -0.2) is 27.8 Å². The predicted molar refractivity (Wildman–Crippen MR) is 64.0 cm³/mol. The Bertz CT molecular complexity index is 520. The van der Waals surface area contributed by atoms with E-state index in [1.165, 1.54) is 24.6 Å². The second kappa shape index (κ2) is 4.96. The molecule has 1 N–H and O–H groups in total. The summed E-state index contributed by atoms with van der Waals surface area (Å²) in [6, 6.07) is 1.92. The molecular formula is C10H12N4O2S. The van der Waals surface area contributed by atoms with Gasteiger partial charge >= 0.3 is 5.97 Å². The molecule has 0 aliphatic heterocycles. The molecule has 0 saturated carbocycles. The van der Waals surface area contributed by atoms with Gasteiger partial charge in [-0.25, -0.2) is 9.78 Å². The zero-order chi connectivity index (χ0) is 12.3. The molecule has 2 aromatic heterocycles. The number of ether oxygens (including phenoxy) is 1. The summed E-state index contributed by atoms with van der Waals surface area (Å²) >= 11 is 1.26. The molecule has 0 radical (unpaired) electrons. The van der Waals surface area contributed by atoms with Gasteiger partial charge in [0.1, 0.15) is 4.88 Å². The SMILES string of the molecule is COC(=O)c1cnc(NCc2ccn(C)n2)s1. The maximum absolute atomic E-state index is 11.2. The number of carbonyl (C=O) groups is 1. The Kier molecular flexibility index (Phi) is 3.38. The predicted octanol–water partition coefficient (Wildman–Crippen LogP) is 1.28. The van der Waals surface area contributed by atoms with Gasteiger partial charge in [0, 0.05) is 13.2 Å². The van der Waals surface area contributed by atoms with Crippen molar-refractivity contribution in [3.8, 4) is 0 Å². The van der Waals surface area contributed by atoms with Crippen LogP contribution in [0.3, 0.4) is 0 Å². The fourth-order valence-electron chi connectivity index (χ4n) is 1.27. The number of esters is 1. The fourth-order valence-corrected chi connectivity index (χ4v) is 2.00.